The van der Waals surface area contributed by atoms with Crippen molar-refractivity contribution in [2.24, 2.45) is 0 Å². The van der Waals surface area contributed by atoms with Crippen LogP contribution in [0.25, 0.3) is 0 Å². The molecule has 1 saturated heterocycles. The van der Waals surface area contributed by atoms with Crippen LogP contribution in [0.15, 0.2) is 121 Å². The van der Waals surface area contributed by atoms with E-state index in [2.05, 4.69) is 24.3 Å². The third kappa shape index (κ3) is 9.37. The molecule has 0 amide bonds. The second-order valence-corrected chi connectivity index (χ2v) is 14.3. The summed E-state index contributed by atoms with van der Waals surface area (Å²) in [4.78, 5) is 0. The fourth-order valence-electron chi connectivity index (χ4n) is 7.20. The summed E-state index contributed by atoms with van der Waals surface area (Å²) in [5.41, 5.74) is 7.30. The van der Waals surface area contributed by atoms with Gasteiger partial charge in [-0.1, -0.05) is 121 Å². The fourth-order valence-corrected chi connectivity index (χ4v) is 7.46. The molecule has 0 spiro atoms. The summed E-state index contributed by atoms with van der Waals surface area (Å²) in [6.07, 6.45) is -0.994. The van der Waals surface area contributed by atoms with Crippen molar-refractivity contribution in [1.29, 1.82) is 0 Å². The second-order valence-electron chi connectivity index (χ2n) is 13.9. The van der Waals surface area contributed by atoms with Gasteiger partial charge in [-0.05, 0) is 64.4 Å². The maximum Gasteiger partial charge on any atom is 0.125 e. The van der Waals surface area contributed by atoms with E-state index in [-0.39, 0.29) is 24.9 Å². The van der Waals surface area contributed by atoms with E-state index in [4.69, 9.17) is 35.3 Å². The van der Waals surface area contributed by atoms with Crippen LogP contribution in [0, 0.1) is 0 Å². The first-order valence-corrected chi connectivity index (χ1v) is 18.8. The van der Waals surface area contributed by atoms with E-state index in [0.29, 0.717) is 62.0 Å². The Balaban J connectivity index is 1.23. The number of rotatable bonds is 14. The van der Waals surface area contributed by atoms with Crippen LogP contribution in [0.3, 0.4) is 0 Å². The molecule has 6 atom stereocenters. The Morgan fingerprint density at radius 3 is 2.04 bits per heavy atom. The van der Waals surface area contributed by atoms with Gasteiger partial charge in [-0.3, -0.25) is 0 Å². The van der Waals surface area contributed by atoms with Crippen LogP contribution in [-0.2, 0) is 51.8 Å². The van der Waals surface area contributed by atoms with Gasteiger partial charge in [0.25, 0.3) is 0 Å². The first-order valence-electron chi connectivity index (χ1n) is 18.4. The molecule has 0 radical (unpaired) electrons. The minimum absolute atomic E-state index is 0.231. The van der Waals surface area contributed by atoms with E-state index in [1.165, 1.54) is 0 Å². The number of ether oxygens (including phenoxy) is 5. The molecular weight excluding hydrogens is 688 g/mol. The van der Waals surface area contributed by atoms with Crippen LogP contribution in [0.1, 0.15) is 76.5 Å². The first kappa shape index (κ1) is 37.3. The summed E-state index contributed by atoms with van der Waals surface area (Å²) in [5.74, 6) is 0.695. The topological polar surface area (TPSA) is 86.6 Å². The predicted molar refractivity (Wildman–Crippen MR) is 205 cm³/mol. The van der Waals surface area contributed by atoms with Crippen molar-refractivity contribution in [3.63, 3.8) is 0 Å². The van der Waals surface area contributed by atoms with Crippen LogP contribution in [0.4, 0.5) is 0 Å². The lowest BCUT2D eigenvalue weighted by atomic mass is 9.87. The number of aliphatic hydroxyl groups excluding tert-OH is 2. The number of fused-ring (bicyclic) bond motifs is 1. The molecule has 7 nitrogen and oxygen atoms in total. The minimum Gasteiger partial charge on any atom is -0.493 e. The van der Waals surface area contributed by atoms with Crippen LogP contribution in [-0.4, -0.2) is 41.2 Å². The Morgan fingerprint density at radius 1 is 0.736 bits per heavy atom. The van der Waals surface area contributed by atoms with E-state index in [1.54, 1.807) is 0 Å². The fraction of sp³-hybridized carbons (Fsp3) is 0.333. The van der Waals surface area contributed by atoms with Crippen LogP contribution in [0.5, 0.6) is 5.75 Å². The van der Waals surface area contributed by atoms with Crippen molar-refractivity contribution >= 4 is 11.6 Å². The summed E-state index contributed by atoms with van der Waals surface area (Å²) in [6.45, 7) is 3.50. The summed E-state index contributed by atoms with van der Waals surface area (Å²) in [5, 5.41) is 21.8. The molecule has 53 heavy (non-hydrogen) atoms. The highest BCUT2D eigenvalue weighted by Crippen LogP contribution is 2.41. The number of halogens is 1. The quantitative estimate of drug-likeness (QED) is 0.118. The Bertz CT molecular complexity index is 1910. The monoisotopic (exact) mass is 734 g/mol. The van der Waals surface area contributed by atoms with Gasteiger partial charge < -0.3 is 33.9 Å². The highest BCUT2D eigenvalue weighted by atomic mass is 35.5. The van der Waals surface area contributed by atoms with Gasteiger partial charge in [0.15, 0.2) is 0 Å². The van der Waals surface area contributed by atoms with Crippen molar-refractivity contribution in [2.75, 3.05) is 6.61 Å². The molecule has 8 heteroatoms. The maximum absolute atomic E-state index is 10.8. The zero-order valence-electron chi connectivity index (χ0n) is 30.0. The van der Waals surface area contributed by atoms with E-state index in [1.807, 2.05) is 104 Å². The largest absolute Gasteiger partial charge is 0.493 e. The van der Waals surface area contributed by atoms with Crippen LogP contribution in [0.2, 0.25) is 5.02 Å². The molecule has 2 heterocycles. The van der Waals surface area contributed by atoms with E-state index in [9.17, 15) is 10.2 Å². The molecule has 0 aliphatic carbocycles. The molecule has 2 aliphatic heterocycles. The van der Waals surface area contributed by atoms with E-state index < -0.39 is 18.3 Å². The molecule has 5 aromatic rings. The molecular formula is C45H47ClO7. The lowest BCUT2D eigenvalue weighted by Gasteiger charge is -2.44. The van der Waals surface area contributed by atoms with Crippen molar-refractivity contribution in [2.45, 2.75) is 89.2 Å². The molecule has 2 aliphatic rings. The molecule has 1 fully saturated rings. The zero-order valence-corrected chi connectivity index (χ0v) is 30.7. The highest BCUT2D eigenvalue weighted by Gasteiger charge is 2.44. The average Bonchev–Trinajstić information content (AvgIpc) is 3.20. The van der Waals surface area contributed by atoms with Gasteiger partial charge in [-0.2, -0.15) is 0 Å². The number of aliphatic hydroxyl groups is 2. The van der Waals surface area contributed by atoms with Gasteiger partial charge >= 0.3 is 0 Å². The molecule has 5 aromatic carbocycles. The average molecular weight is 735 g/mol. The normalized spacial score (nSPS) is 21.8. The second kappa shape index (κ2) is 17.9. The lowest BCUT2D eigenvalue weighted by molar-refractivity contribution is -0.231. The Labute approximate surface area is 317 Å². The molecule has 5 unspecified atom stereocenters. The Hall–Kier alpha value is -4.05. The van der Waals surface area contributed by atoms with E-state index >= 15 is 0 Å². The minimum atomic E-state index is -0.610. The van der Waals surface area contributed by atoms with Gasteiger partial charge in [0.2, 0.25) is 0 Å². The third-order valence-corrected chi connectivity index (χ3v) is 10.5. The molecule has 2 N–H and O–H groups in total. The molecule has 7 rings (SSSR count). The standard InChI is InChI=1S/C45H47ClO7/c1-30(50-27-31-11-5-2-6-12-31)41-25-43(51-28-32-13-7-3-8-14-32)45(52-29-33-15-9-4-10-16-33)44(53-41)38-23-35(39(46)24-36(38)26-47)21-34-17-18-37-40(48)19-20-49-42(37)22-34/h2-18,22-24,30,40-41,43-45,47-48H,19-21,25-29H2,1H3/t30?,40?,41?,43?,44?,45-/m1/s1. The summed E-state index contributed by atoms with van der Waals surface area (Å²) >= 11 is 6.94. The third-order valence-electron chi connectivity index (χ3n) is 10.2. The van der Waals surface area contributed by atoms with Gasteiger partial charge in [0.1, 0.15) is 18.0 Å². The smallest absolute Gasteiger partial charge is 0.125 e. The number of benzene rings is 5. The lowest BCUT2D eigenvalue weighted by Crippen LogP contribution is -2.49. The number of hydrogen-bond acceptors (Lipinski definition) is 7. The van der Waals surface area contributed by atoms with Crippen molar-refractivity contribution in [3.8, 4) is 5.75 Å². The van der Waals surface area contributed by atoms with Gasteiger partial charge in [0, 0.05) is 23.4 Å². The predicted octanol–water partition coefficient (Wildman–Crippen LogP) is 8.85. The molecule has 276 valence electrons. The number of hydrogen-bond donors (Lipinski definition) is 2. The molecule has 0 aromatic heterocycles. The van der Waals surface area contributed by atoms with Gasteiger partial charge in [-0.15, -0.1) is 0 Å². The highest BCUT2D eigenvalue weighted by molar-refractivity contribution is 6.31. The summed E-state index contributed by atoms with van der Waals surface area (Å²) in [6, 6.07) is 40.1. The first-order chi connectivity index (χ1) is 25.9. The van der Waals surface area contributed by atoms with Crippen LogP contribution >= 0.6 is 11.6 Å². The Kier molecular flexibility index (Phi) is 12.6. The maximum atomic E-state index is 10.8. The summed E-state index contributed by atoms with van der Waals surface area (Å²) < 4.78 is 33.0. The van der Waals surface area contributed by atoms with Gasteiger partial charge in [0.05, 0.1) is 57.5 Å². The van der Waals surface area contributed by atoms with Crippen molar-refractivity contribution < 1.29 is 33.9 Å². The van der Waals surface area contributed by atoms with Crippen molar-refractivity contribution in [1.82, 2.24) is 0 Å². The van der Waals surface area contributed by atoms with E-state index in [0.717, 1.165) is 38.9 Å². The van der Waals surface area contributed by atoms with Crippen molar-refractivity contribution in [3.05, 3.63) is 171 Å². The molecule has 0 bridgehead atoms. The van der Waals surface area contributed by atoms with Gasteiger partial charge in [-0.25, -0.2) is 0 Å². The van der Waals surface area contributed by atoms with Crippen LogP contribution < -0.4 is 4.74 Å². The molecule has 0 saturated carbocycles. The Morgan fingerprint density at radius 2 is 1.38 bits per heavy atom. The summed E-state index contributed by atoms with van der Waals surface area (Å²) in [7, 11) is 0. The SMILES string of the molecule is CC(OCc1ccccc1)C1CC(OCc2ccccc2)[C@@H](OCc2ccccc2)C(c2cc(Cc3ccc4c(c3)OCCC4O)c(Cl)cc2CO)O1. The zero-order chi connectivity index (χ0) is 36.6.